The van der Waals surface area contributed by atoms with Crippen molar-refractivity contribution in [2.45, 2.75) is 19.4 Å². The Morgan fingerprint density at radius 1 is 1.40 bits per heavy atom. The molecule has 1 aromatic carbocycles. The van der Waals surface area contributed by atoms with Gasteiger partial charge in [-0.1, -0.05) is 47.4 Å². The molecule has 0 radical (unpaired) electrons. The van der Waals surface area contributed by atoms with E-state index >= 15 is 0 Å². The average molecular weight is 363 g/mol. The number of piperidine rings is 1. The van der Waals surface area contributed by atoms with Gasteiger partial charge in [-0.15, -0.1) is 0 Å². The Balaban J connectivity index is 2.41. The van der Waals surface area contributed by atoms with Crippen molar-refractivity contribution in [3.8, 4) is 0 Å². The van der Waals surface area contributed by atoms with E-state index in [9.17, 15) is 9.90 Å². The predicted molar refractivity (Wildman–Crippen MR) is 81.0 cm³/mol. The summed E-state index contributed by atoms with van der Waals surface area (Å²) in [5, 5.41) is 20.7. The molecule has 1 saturated heterocycles. The molecule has 1 heterocycles. The third-order valence-electron chi connectivity index (χ3n) is 4.12. The zero-order valence-electron chi connectivity index (χ0n) is 11.3. The summed E-state index contributed by atoms with van der Waals surface area (Å²) in [6, 6.07) is 5.38. The lowest BCUT2D eigenvalue weighted by Gasteiger charge is -2.47. The number of likely N-dealkylation sites (tertiary alicyclic amines) is 1. The van der Waals surface area contributed by atoms with E-state index in [1.54, 1.807) is 12.1 Å². The molecule has 2 N–H and O–H groups in total. The Kier molecular flexibility index (Phi) is 4.33. The van der Waals surface area contributed by atoms with Crippen molar-refractivity contribution in [2.24, 2.45) is 11.8 Å². The van der Waals surface area contributed by atoms with E-state index in [0.717, 1.165) is 4.47 Å². The second-order valence-electron chi connectivity index (χ2n) is 5.44. The highest BCUT2D eigenvalue weighted by Gasteiger charge is 2.47. The van der Waals surface area contributed by atoms with Gasteiger partial charge < -0.3 is 15.1 Å². The molecule has 1 fully saturated rings. The van der Waals surface area contributed by atoms with Crippen molar-refractivity contribution >= 4 is 33.6 Å². The van der Waals surface area contributed by atoms with E-state index in [0.29, 0.717) is 23.7 Å². The van der Waals surface area contributed by atoms with Crippen LogP contribution in [0.1, 0.15) is 19.4 Å². The Bertz CT molecular complexity index is 525. The molecule has 1 aliphatic heterocycles. The first-order chi connectivity index (χ1) is 9.26. The molecule has 110 valence electrons. The van der Waals surface area contributed by atoms with Crippen LogP contribution in [0.3, 0.4) is 0 Å². The summed E-state index contributed by atoms with van der Waals surface area (Å²) >= 11 is 9.61. The lowest BCUT2D eigenvalue weighted by Crippen LogP contribution is -2.55. The zero-order chi connectivity index (χ0) is 15.1. The number of carbonyl (C=O) groups is 1. The number of aliphatic hydroxyl groups is 1. The summed E-state index contributed by atoms with van der Waals surface area (Å²) in [5.74, 6) is -0.470. The number of rotatable bonds is 1. The van der Waals surface area contributed by atoms with Gasteiger partial charge in [-0.3, -0.25) is 0 Å². The van der Waals surface area contributed by atoms with Gasteiger partial charge in [0.1, 0.15) is 0 Å². The second kappa shape index (κ2) is 5.54. The van der Waals surface area contributed by atoms with Crippen LogP contribution in [0.2, 0.25) is 5.02 Å². The van der Waals surface area contributed by atoms with E-state index in [1.165, 1.54) is 4.90 Å². The van der Waals surface area contributed by atoms with Crippen LogP contribution in [0.15, 0.2) is 22.7 Å². The maximum Gasteiger partial charge on any atom is 0.407 e. The van der Waals surface area contributed by atoms with Crippen LogP contribution in [-0.4, -0.2) is 34.3 Å². The molecule has 0 aromatic heterocycles. The van der Waals surface area contributed by atoms with Crippen LogP contribution in [0, 0.1) is 11.8 Å². The third-order valence-corrected chi connectivity index (χ3v) is 4.93. The molecule has 3 atom stereocenters. The van der Waals surface area contributed by atoms with Gasteiger partial charge in [-0.05, 0) is 12.1 Å². The predicted octanol–water partition coefficient (Wildman–Crippen LogP) is 3.56. The standard InChI is InChI=1S/C14H17BrClNO3/c1-8-6-17(13(18)19)7-9(2)14(8,20)11-4-3-10(15)5-12(11)16/h3-5,8-9,20H,6-7H2,1-2H3,(H,18,19)/t8-,9+,14-. The maximum absolute atomic E-state index is 11.1. The van der Waals surface area contributed by atoms with Gasteiger partial charge in [0.2, 0.25) is 0 Å². The maximum atomic E-state index is 11.1. The first-order valence-corrected chi connectivity index (χ1v) is 7.59. The van der Waals surface area contributed by atoms with Gasteiger partial charge in [0.05, 0.1) is 5.60 Å². The van der Waals surface area contributed by atoms with Gasteiger partial charge in [0.25, 0.3) is 0 Å². The summed E-state index contributed by atoms with van der Waals surface area (Å²) in [5.41, 5.74) is -0.462. The zero-order valence-corrected chi connectivity index (χ0v) is 13.6. The molecule has 6 heteroatoms. The van der Waals surface area contributed by atoms with Gasteiger partial charge in [-0.2, -0.15) is 0 Å². The lowest BCUT2D eigenvalue weighted by atomic mass is 9.71. The van der Waals surface area contributed by atoms with Crippen LogP contribution in [0.5, 0.6) is 0 Å². The fourth-order valence-corrected chi connectivity index (χ4v) is 3.83. The van der Waals surface area contributed by atoms with E-state index in [1.807, 2.05) is 19.9 Å². The van der Waals surface area contributed by atoms with Gasteiger partial charge in [-0.25, -0.2) is 4.79 Å². The summed E-state index contributed by atoms with van der Waals surface area (Å²) in [7, 11) is 0. The number of benzene rings is 1. The number of amides is 1. The molecular weight excluding hydrogens is 346 g/mol. The summed E-state index contributed by atoms with van der Waals surface area (Å²) in [6.07, 6.45) is -0.951. The van der Waals surface area contributed by atoms with E-state index in [-0.39, 0.29) is 11.8 Å². The Morgan fingerprint density at radius 2 is 1.95 bits per heavy atom. The van der Waals surface area contributed by atoms with Gasteiger partial charge in [0.15, 0.2) is 0 Å². The van der Waals surface area contributed by atoms with Crippen molar-refractivity contribution in [2.75, 3.05) is 13.1 Å². The van der Waals surface area contributed by atoms with E-state index < -0.39 is 11.7 Å². The fourth-order valence-electron chi connectivity index (χ4n) is 3.00. The average Bonchev–Trinajstić information content (AvgIpc) is 2.35. The SMILES string of the molecule is C[C@@H]1CN(C(=O)O)C[C@H](C)[C@@]1(O)c1ccc(Br)cc1Cl. The number of hydrogen-bond donors (Lipinski definition) is 2. The number of nitrogens with zero attached hydrogens (tertiary/aromatic N) is 1. The molecule has 0 aliphatic carbocycles. The molecule has 0 unspecified atom stereocenters. The first kappa shape index (κ1) is 15.6. The number of hydrogen-bond acceptors (Lipinski definition) is 2. The quantitative estimate of drug-likeness (QED) is 0.803. The highest BCUT2D eigenvalue weighted by atomic mass is 79.9. The monoisotopic (exact) mass is 361 g/mol. The van der Waals surface area contributed by atoms with Crippen molar-refractivity contribution < 1.29 is 15.0 Å². The first-order valence-electron chi connectivity index (χ1n) is 6.42. The van der Waals surface area contributed by atoms with Crippen LogP contribution in [0.4, 0.5) is 4.79 Å². The Hall–Kier alpha value is -0.780. The summed E-state index contributed by atoms with van der Waals surface area (Å²) in [6.45, 7) is 4.29. The molecule has 20 heavy (non-hydrogen) atoms. The van der Waals surface area contributed by atoms with Gasteiger partial charge in [0, 0.05) is 40.0 Å². The molecule has 2 rings (SSSR count). The smallest absolute Gasteiger partial charge is 0.407 e. The van der Waals surface area contributed by atoms with Crippen molar-refractivity contribution in [3.05, 3.63) is 33.3 Å². The Labute approximate surface area is 131 Å². The molecule has 1 amide bonds. The minimum atomic E-state index is -1.12. The lowest BCUT2D eigenvalue weighted by molar-refractivity contribution is -0.106. The second-order valence-corrected chi connectivity index (χ2v) is 6.76. The third kappa shape index (κ3) is 2.54. The van der Waals surface area contributed by atoms with Crippen molar-refractivity contribution in [1.82, 2.24) is 4.90 Å². The van der Waals surface area contributed by atoms with Crippen molar-refractivity contribution in [1.29, 1.82) is 0 Å². The minimum Gasteiger partial charge on any atom is -0.465 e. The van der Waals surface area contributed by atoms with Crippen LogP contribution in [0.25, 0.3) is 0 Å². The molecule has 0 saturated carbocycles. The number of halogens is 2. The molecule has 1 aromatic rings. The topological polar surface area (TPSA) is 60.8 Å². The van der Waals surface area contributed by atoms with Crippen LogP contribution < -0.4 is 0 Å². The highest BCUT2D eigenvalue weighted by molar-refractivity contribution is 9.10. The molecule has 4 nitrogen and oxygen atoms in total. The van der Waals surface area contributed by atoms with Crippen molar-refractivity contribution in [3.63, 3.8) is 0 Å². The highest BCUT2D eigenvalue weighted by Crippen LogP contribution is 2.44. The normalized spacial score (nSPS) is 30.4. The van der Waals surface area contributed by atoms with E-state index in [4.69, 9.17) is 16.7 Å². The minimum absolute atomic E-state index is 0.235. The largest absolute Gasteiger partial charge is 0.465 e. The molecular formula is C14H17BrClNO3. The van der Waals surface area contributed by atoms with Crippen LogP contribution >= 0.6 is 27.5 Å². The van der Waals surface area contributed by atoms with E-state index in [2.05, 4.69) is 15.9 Å². The summed E-state index contributed by atoms with van der Waals surface area (Å²) in [4.78, 5) is 12.5. The van der Waals surface area contributed by atoms with Gasteiger partial charge >= 0.3 is 6.09 Å². The van der Waals surface area contributed by atoms with Crippen LogP contribution in [-0.2, 0) is 5.60 Å². The fraction of sp³-hybridized carbons (Fsp3) is 0.500. The Morgan fingerprint density at radius 3 is 2.40 bits per heavy atom. The molecule has 0 bridgehead atoms. The number of carboxylic acid groups (broad SMARTS) is 1. The molecule has 1 aliphatic rings. The molecule has 0 spiro atoms. The summed E-state index contributed by atoms with van der Waals surface area (Å²) < 4.78 is 0.845.